The lowest BCUT2D eigenvalue weighted by Crippen LogP contribution is -2.21. The van der Waals surface area contributed by atoms with E-state index in [1.165, 1.54) is 12.1 Å². The molecule has 0 spiro atoms. The smallest absolute Gasteiger partial charge is 0.422 e. The Balaban J connectivity index is 1.57. The fourth-order valence-electron chi connectivity index (χ4n) is 3.68. The van der Waals surface area contributed by atoms with Crippen molar-refractivity contribution < 1.29 is 39.5 Å². The van der Waals surface area contributed by atoms with Gasteiger partial charge in [0.2, 0.25) is 11.9 Å². The van der Waals surface area contributed by atoms with Crippen LogP contribution >= 0.6 is 0 Å². The maximum atomic E-state index is 13.1. The maximum absolute atomic E-state index is 13.1. The van der Waals surface area contributed by atoms with Crippen LogP contribution < -0.4 is 15.4 Å². The van der Waals surface area contributed by atoms with Crippen molar-refractivity contribution in [2.75, 3.05) is 23.0 Å². The summed E-state index contributed by atoms with van der Waals surface area (Å²) in [5.41, 5.74) is 1.03. The molecule has 3 aromatic carbocycles. The third kappa shape index (κ3) is 8.31. The Kier molecular flexibility index (Phi) is 8.89. The summed E-state index contributed by atoms with van der Waals surface area (Å²) in [6.07, 6.45) is -9.31. The molecule has 0 amide bonds. The molecule has 1 heterocycles. The second-order valence-corrected chi connectivity index (χ2v) is 11.1. The van der Waals surface area contributed by atoms with Crippen molar-refractivity contribution in [1.29, 1.82) is 0 Å². The first-order chi connectivity index (χ1) is 19.7. The Labute approximate surface area is 236 Å². The zero-order chi connectivity index (χ0) is 30.5. The summed E-state index contributed by atoms with van der Waals surface area (Å²) in [6.45, 7) is -0.0730. The van der Waals surface area contributed by atoms with Gasteiger partial charge in [0.1, 0.15) is 0 Å². The van der Waals surface area contributed by atoms with Gasteiger partial charge in [-0.3, -0.25) is 0 Å². The average molecular weight is 612 g/mol. The molecule has 0 saturated heterocycles. The largest absolute Gasteiger partial charge is 0.454 e. The molecular weight excluding hydrogens is 588 g/mol. The molecule has 0 unspecified atom stereocenters. The van der Waals surface area contributed by atoms with Gasteiger partial charge in [-0.1, -0.05) is 43.3 Å². The van der Waals surface area contributed by atoms with Crippen LogP contribution in [0.2, 0.25) is 0 Å². The molecule has 8 nitrogen and oxygen atoms in total. The topological polar surface area (TPSA) is 106 Å². The van der Waals surface area contributed by atoms with E-state index in [9.17, 15) is 34.8 Å². The molecule has 0 aliphatic carbocycles. The predicted octanol–water partition coefficient (Wildman–Crippen LogP) is 6.65. The van der Waals surface area contributed by atoms with Gasteiger partial charge >= 0.3 is 18.4 Å². The summed E-state index contributed by atoms with van der Waals surface area (Å²) in [5.74, 6) is -0.615. The molecule has 2 N–H and O–H groups in total. The van der Waals surface area contributed by atoms with Crippen LogP contribution in [0.3, 0.4) is 0 Å². The van der Waals surface area contributed by atoms with Crippen molar-refractivity contribution in [2.45, 2.75) is 30.7 Å². The van der Waals surface area contributed by atoms with E-state index in [2.05, 4.69) is 30.3 Å². The predicted molar refractivity (Wildman–Crippen MR) is 143 cm³/mol. The molecule has 0 fully saturated rings. The van der Waals surface area contributed by atoms with Crippen LogP contribution in [0.5, 0.6) is 6.01 Å². The SMILES string of the molecule is CCS(=O)(=O)c1cccc(-c2cccc(CNc3nc(Nc4cccc(C(F)(F)F)c4)nc(OCC(F)(F)F)n3)c2)c1. The molecule has 1 aromatic heterocycles. The lowest BCUT2D eigenvalue weighted by Gasteiger charge is -2.13. The van der Waals surface area contributed by atoms with Crippen LogP contribution in [0.4, 0.5) is 43.9 Å². The second-order valence-electron chi connectivity index (χ2n) is 8.86. The Morgan fingerprint density at radius 3 is 2.17 bits per heavy atom. The molecule has 222 valence electrons. The van der Waals surface area contributed by atoms with Crippen LogP contribution in [0, 0.1) is 0 Å². The van der Waals surface area contributed by atoms with Crippen molar-refractivity contribution in [3.63, 3.8) is 0 Å². The quantitative estimate of drug-likeness (QED) is 0.192. The Bertz CT molecular complexity index is 1660. The number of ether oxygens (including phenoxy) is 1. The zero-order valence-corrected chi connectivity index (χ0v) is 22.6. The summed E-state index contributed by atoms with van der Waals surface area (Å²) >= 11 is 0. The average Bonchev–Trinajstić information content (AvgIpc) is 2.94. The fraction of sp³-hybridized carbons (Fsp3) is 0.222. The highest BCUT2D eigenvalue weighted by Gasteiger charge is 2.31. The number of hydrogen-bond donors (Lipinski definition) is 2. The standard InChI is InChI=1S/C27H23F6N5O3S/c1-2-42(39,40)22-11-4-8-19(13-22)18-7-3-6-17(12-18)15-34-23-36-24(38-25(37-23)41-16-26(28,29)30)35-21-10-5-9-20(14-21)27(31,32)33/h3-14H,2,15-16H2,1H3,(H2,34,35,36,37,38). The highest BCUT2D eigenvalue weighted by Crippen LogP contribution is 2.31. The van der Waals surface area contributed by atoms with E-state index in [-0.39, 0.29) is 34.8 Å². The summed E-state index contributed by atoms with van der Waals surface area (Å²) in [6, 6.07) is 16.9. The van der Waals surface area contributed by atoms with Crippen molar-refractivity contribution in [3.8, 4) is 17.1 Å². The molecule has 0 radical (unpaired) electrons. The normalized spacial score (nSPS) is 12.2. The van der Waals surface area contributed by atoms with Crippen LogP contribution in [0.1, 0.15) is 18.1 Å². The van der Waals surface area contributed by atoms with E-state index in [0.717, 1.165) is 18.2 Å². The number of rotatable bonds is 10. The number of sulfone groups is 1. The maximum Gasteiger partial charge on any atom is 0.422 e. The van der Waals surface area contributed by atoms with Crippen molar-refractivity contribution >= 4 is 27.4 Å². The van der Waals surface area contributed by atoms with E-state index in [1.54, 1.807) is 49.4 Å². The van der Waals surface area contributed by atoms with Gasteiger partial charge in [0.25, 0.3) is 0 Å². The summed E-state index contributed by atoms with van der Waals surface area (Å²) in [7, 11) is -3.42. The fourth-order valence-corrected chi connectivity index (χ4v) is 4.61. The minimum Gasteiger partial charge on any atom is -0.454 e. The third-order valence-corrected chi connectivity index (χ3v) is 7.44. The van der Waals surface area contributed by atoms with Crippen molar-refractivity contribution in [3.05, 3.63) is 83.9 Å². The van der Waals surface area contributed by atoms with Crippen molar-refractivity contribution in [1.82, 2.24) is 15.0 Å². The number of anilines is 3. The monoisotopic (exact) mass is 611 g/mol. The molecule has 0 bridgehead atoms. The van der Waals surface area contributed by atoms with Gasteiger partial charge in [0.15, 0.2) is 16.4 Å². The van der Waals surface area contributed by atoms with Crippen LogP contribution in [0.25, 0.3) is 11.1 Å². The van der Waals surface area contributed by atoms with E-state index < -0.39 is 40.4 Å². The number of nitrogens with zero attached hydrogens (tertiary/aromatic N) is 3. The molecular formula is C27H23F6N5O3S. The molecule has 0 atom stereocenters. The van der Waals surface area contributed by atoms with Gasteiger partial charge in [-0.05, 0) is 53.1 Å². The van der Waals surface area contributed by atoms with Crippen LogP contribution in [0.15, 0.2) is 77.7 Å². The number of hydrogen-bond acceptors (Lipinski definition) is 8. The van der Waals surface area contributed by atoms with Gasteiger partial charge < -0.3 is 15.4 Å². The van der Waals surface area contributed by atoms with Crippen LogP contribution in [-0.2, 0) is 22.6 Å². The number of benzene rings is 3. The number of nitrogens with one attached hydrogen (secondary N) is 2. The Hall–Kier alpha value is -4.40. The lowest BCUT2D eigenvalue weighted by molar-refractivity contribution is -0.154. The first kappa shape index (κ1) is 30.6. The Morgan fingerprint density at radius 2 is 1.48 bits per heavy atom. The summed E-state index contributed by atoms with van der Waals surface area (Å²) in [5, 5.41) is 5.38. The minimum atomic E-state index is -4.69. The first-order valence-corrected chi connectivity index (χ1v) is 13.9. The van der Waals surface area contributed by atoms with Crippen LogP contribution in [-0.4, -0.2) is 41.9 Å². The van der Waals surface area contributed by atoms with E-state index in [1.807, 2.05) is 0 Å². The molecule has 0 saturated carbocycles. The van der Waals surface area contributed by atoms with Gasteiger partial charge in [0.05, 0.1) is 16.2 Å². The van der Waals surface area contributed by atoms with Gasteiger partial charge in [-0.15, -0.1) is 0 Å². The number of aromatic nitrogens is 3. The number of alkyl halides is 6. The van der Waals surface area contributed by atoms with Gasteiger partial charge in [0, 0.05) is 12.2 Å². The molecule has 4 rings (SSSR count). The highest BCUT2D eigenvalue weighted by atomic mass is 32.2. The second kappa shape index (κ2) is 12.2. The third-order valence-electron chi connectivity index (χ3n) is 5.71. The molecule has 0 aliphatic heterocycles. The summed E-state index contributed by atoms with van der Waals surface area (Å²) in [4.78, 5) is 11.8. The Morgan fingerprint density at radius 1 is 0.810 bits per heavy atom. The molecule has 0 aliphatic rings. The molecule has 15 heteroatoms. The van der Waals surface area contributed by atoms with Gasteiger partial charge in [-0.2, -0.15) is 41.3 Å². The summed E-state index contributed by atoms with van der Waals surface area (Å²) < 4.78 is 107. The first-order valence-electron chi connectivity index (χ1n) is 12.3. The number of halogens is 6. The minimum absolute atomic E-state index is 0.0500. The van der Waals surface area contributed by atoms with E-state index >= 15 is 0 Å². The zero-order valence-electron chi connectivity index (χ0n) is 21.8. The highest BCUT2D eigenvalue weighted by molar-refractivity contribution is 7.91. The lowest BCUT2D eigenvalue weighted by atomic mass is 10.0. The van der Waals surface area contributed by atoms with Crippen molar-refractivity contribution in [2.24, 2.45) is 0 Å². The molecule has 42 heavy (non-hydrogen) atoms. The van der Waals surface area contributed by atoms with E-state index in [4.69, 9.17) is 0 Å². The van der Waals surface area contributed by atoms with Gasteiger partial charge in [-0.25, -0.2) is 8.42 Å². The van der Waals surface area contributed by atoms with E-state index in [0.29, 0.717) is 16.7 Å². The molecule has 4 aromatic rings.